The second-order valence-electron chi connectivity index (χ2n) is 6.69. The number of hydrogen-bond donors (Lipinski definition) is 2. The molecule has 0 saturated heterocycles. The van der Waals surface area contributed by atoms with Gasteiger partial charge in [0.25, 0.3) is 0 Å². The summed E-state index contributed by atoms with van der Waals surface area (Å²) in [6.07, 6.45) is 9.91. The molecule has 2 rings (SSSR count). The van der Waals surface area contributed by atoms with Crippen molar-refractivity contribution < 1.29 is 15.0 Å². The van der Waals surface area contributed by atoms with Gasteiger partial charge in [0.05, 0.1) is 18.6 Å². The van der Waals surface area contributed by atoms with Crippen LogP contribution in [-0.2, 0) is 4.79 Å². The van der Waals surface area contributed by atoms with Crippen LogP contribution in [0.4, 0.5) is 0 Å². The van der Waals surface area contributed by atoms with E-state index in [-0.39, 0.29) is 18.5 Å². The van der Waals surface area contributed by atoms with Gasteiger partial charge in [-0.15, -0.1) is 0 Å². The third kappa shape index (κ3) is 7.14. The average Bonchev–Trinajstić information content (AvgIpc) is 2.82. The molecule has 3 heteroatoms. The Morgan fingerprint density at radius 2 is 1.83 bits per heavy atom. The Morgan fingerprint density at radius 3 is 2.25 bits per heavy atom. The van der Waals surface area contributed by atoms with E-state index in [1.54, 1.807) is 18.2 Å². The third-order valence-corrected chi connectivity index (χ3v) is 4.82. The van der Waals surface area contributed by atoms with Crippen molar-refractivity contribution in [3.8, 4) is 0 Å². The maximum absolute atomic E-state index is 11.0. The van der Waals surface area contributed by atoms with Crippen molar-refractivity contribution in [1.29, 1.82) is 0 Å². The van der Waals surface area contributed by atoms with Crippen LogP contribution in [0, 0.1) is 23.7 Å². The highest BCUT2D eigenvalue weighted by molar-refractivity contribution is 5.82. The van der Waals surface area contributed by atoms with Gasteiger partial charge in [-0.1, -0.05) is 52.2 Å². The number of Topliss-reactive ketones (excluding diaryl/α,β-unsaturated/α-hetero) is 1. The zero-order valence-corrected chi connectivity index (χ0v) is 15.9. The van der Waals surface area contributed by atoms with E-state index in [4.69, 9.17) is 5.11 Å². The molecule has 2 N–H and O–H groups in total. The lowest BCUT2D eigenvalue weighted by atomic mass is 9.82. The molecule has 2 aliphatic carbocycles. The van der Waals surface area contributed by atoms with Crippen molar-refractivity contribution >= 4 is 5.78 Å². The average molecular weight is 337 g/mol. The van der Waals surface area contributed by atoms with Crippen LogP contribution in [0.2, 0.25) is 0 Å². The van der Waals surface area contributed by atoms with E-state index < -0.39 is 5.92 Å². The van der Waals surface area contributed by atoms with Gasteiger partial charge < -0.3 is 10.2 Å². The summed E-state index contributed by atoms with van der Waals surface area (Å²) in [6, 6.07) is 0. The number of aliphatic hydroxyl groups excluding tert-OH is 2. The minimum absolute atomic E-state index is 0.0509. The number of aliphatic hydroxyl groups is 2. The molecule has 5 atom stereocenters. The molecule has 0 heterocycles. The number of allylic oxidation sites excluding steroid dienone is 3. The molecular weight excluding hydrogens is 300 g/mol. The minimum atomic E-state index is -0.458. The minimum Gasteiger partial charge on any atom is -0.395 e. The van der Waals surface area contributed by atoms with Crippen LogP contribution in [0.3, 0.4) is 0 Å². The normalized spacial score (nSPS) is 29.3. The van der Waals surface area contributed by atoms with E-state index in [2.05, 4.69) is 20.1 Å². The van der Waals surface area contributed by atoms with Crippen LogP contribution in [0.5, 0.6) is 0 Å². The molecule has 0 amide bonds. The summed E-state index contributed by atoms with van der Waals surface area (Å²) < 4.78 is 0. The van der Waals surface area contributed by atoms with Crippen molar-refractivity contribution in [3.05, 3.63) is 37.0 Å². The number of carbonyl (C=O) groups excluding carboxylic acids is 1. The maximum atomic E-state index is 11.0. The quantitative estimate of drug-likeness (QED) is 0.735. The molecule has 5 unspecified atom stereocenters. The summed E-state index contributed by atoms with van der Waals surface area (Å²) >= 11 is 0. The molecule has 3 nitrogen and oxygen atoms in total. The van der Waals surface area contributed by atoms with Gasteiger partial charge in [-0.3, -0.25) is 4.79 Å². The van der Waals surface area contributed by atoms with Crippen LogP contribution >= 0.6 is 0 Å². The molecule has 2 aliphatic rings. The van der Waals surface area contributed by atoms with Crippen molar-refractivity contribution in [2.45, 2.75) is 59.5 Å². The molecule has 0 aromatic carbocycles. The fourth-order valence-electron chi connectivity index (χ4n) is 3.77. The summed E-state index contributed by atoms with van der Waals surface area (Å²) in [5, 5.41) is 18.4. The van der Waals surface area contributed by atoms with Gasteiger partial charge in [-0.2, -0.15) is 0 Å². The molecule has 2 bridgehead atoms. The molecule has 0 spiro atoms. The van der Waals surface area contributed by atoms with Crippen molar-refractivity contribution in [2.75, 3.05) is 6.61 Å². The first kappa shape index (κ1) is 22.8. The van der Waals surface area contributed by atoms with Crippen LogP contribution in [0.1, 0.15) is 53.4 Å². The van der Waals surface area contributed by atoms with E-state index in [1.165, 1.54) is 26.2 Å². The van der Waals surface area contributed by atoms with Crippen LogP contribution in [0.15, 0.2) is 37.0 Å². The smallest absolute Gasteiger partial charge is 0.139 e. The molecule has 0 aromatic heterocycles. The lowest BCUT2D eigenvalue weighted by molar-refractivity contribution is -0.120. The number of fused-ring (bicyclic) bond motifs is 2. The Kier molecular flexibility index (Phi) is 11.6. The second-order valence-corrected chi connectivity index (χ2v) is 6.69. The number of carbonyl (C=O) groups is 1. The summed E-state index contributed by atoms with van der Waals surface area (Å²) in [7, 11) is 0. The summed E-state index contributed by atoms with van der Waals surface area (Å²) in [5.41, 5.74) is 0.708. The van der Waals surface area contributed by atoms with Gasteiger partial charge in [0.2, 0.25) is 0 Å². The van der Waals surface area contributed by atoms with E-state index in [0.717, 1.165) is 18.3 Å². The predicted molar refractivity (Wildman–Crippen MR) is 102 cm³/mol. The molecule has 138 valence electrons. The van der Waals surface area contributed by atoms with Crippen LogP contribution < -0.4 is 0 Å². The summed E-state index contributed by atoms with van der Waals surface area (Å²) in [6.45, 7) is 14.6. The number of rotatable bonds is 5. The molecule has 24 heavy (non-hydrogen) atoms. The van der Waals surface area contributed by atoms with Crippen molar-refractivity contribution in [3.63, 3.8) is 0 Å². The lowest BCUT2D eigenvalue weighted by Gasteiger charge is -2.24. The Balaban J connectivity index is 0.000000402. The maximum Gasteiger partial charge on any atom is 0.139 e. The highest BCUT2D eigenvalue weighted by Crippen LogP contribution is 2.44. The molecule has 2 fully saturated rings. The van der Waals surface area contributed by atoms with E-state index in [0.29, 0.717) is 11.5 Å². The molecule has 2 saturated carbocycles. The topological polar surface area (TPSA) is 57.5 Å². The van der Waals surface area contributed by atoms with Crippen LogP contribution in [-0.4, -0.2) is 28.7 Å². The van der Waals surface area contributed by atoms with Gasteiger partial charge in [-0.25, -0.2) is 0 Å². The number of ketones is 1. The monoisotopic (exact) mass is 336 g/mol. The zero-order valence-electron chi connectivity index (χ0n) is 15.9. The summed E-state index contributed by atoms with van der Waals surface area (Å²) in [5.74, 6) is 1.88. The Hall–Kier alpha value is -1.19. The summed E-state index contributed by atoms with van der Waals surface area (Å²) in [4.78, 5) is 11.0. The third-order valence-electron chi connectivity index (χ3n) is 4.82. The standard InChI is InChI=1S/C10H14O2.C9H16O.C2H6/c1-4-6-9(5-2)10(7-11)8(3)12;1-6-2-7-4-8(3-6)9(10)5-7;1-2/h4-6,10-11H,1-2,7H2,3H3;6-10H,2-5H2,1H3;1-2H3/b9-6+;;. The van der Waals surface area contributed by atoms with E-state index in [1.807, 2.05) is 13.8 Å². The first-order valence-electron chi connectivity index (χ1n) is 9.17. The van der Waals surface area contributed by atoms with Gasteiger partial charge >= 0.3 is 0 Å². The van der Waals surface area contributed by atoms with Gasteiger partial charge in [0.15, 0.2) is 0 Å². The van der Waals surface area contributed by atoms with Crippen LogP contribution in [0.25, 0.3) is 0 Å². The first-order chi connectivity index (χ1) is 11.4. The highest BCUT2D eigenvalue weighted by atomic mass is 16.3. The highest BCUT2D eigenvalue weighted by Gasteiger charge is 2.38. The Labute approximate surface area is 148 Å². The van der Waals surface area contributed by atoms with Gasteiger partial charge in [-0.05, 0) is 55.9 Å². The van der Waals surface area contributed by atoms with Gasteiger partial charge in [0.1, 0.15) is 5.78 Å². The zero-order chi connectivity index (χ0) is 18.7. The SMILES string of the molecule is C=C/C=C(\C=C)C(CO)C(C)=O.CC.CC1CC2CC(O)C(C1)C2. The molecule has 0 aromatic rings. The Morgan fingerprint density at radius 1 is 1.21 bits per heavy atom. The predicted octanol–water partition coefficient (Wildman–Crippen LogP) is 4.31. The number of hydrogen-bond acceptors (Lipinski definition) is 3. The first-order valence-corrected chi connectivity index (χ1v) is 9.17. The molecule has 0 aliphatic heterocycles. The fourth-order valence-corrected chi connectivity index (χ4v) is 3.77. The Bertz CT molecular complexity index is 420. The van der Waals surface area contributed by atoms with Crippen molar-refractivity contribution in [1.82, 2.24) is 0 Å². The molecular formula is C21H36O3. The van der Waals surface area contributed by atoms with Crippen molar-refractivity contribution in [2.24, 2.45) is 23.7 Å². The van der Waals surface area contributed by atoms with E-state index >= 15 is 0 Å². The second kappa shape index (κ2) is 12.2. The lowest BCUT2D eigenvalue weighted by Crippen LogP contribution is -2.17. The van der Waals surface area contributed by atoms with Gasteiger partial charge in [0, 0.05) is 0 Å². The fraction of sp³-hybridized carbons (Fsp3) is 0.667. The largest absolute Gasteiger partial charge is 0.395 e. The van der Waals surface area contributed by atoms with E-state index in [9.17, 15) is 9.90 Å². The molecule has 0 radical (unpaired) electrons.